The summed E-state index contributed by atoms with van der Waals surface area (Å²) >= 11 is 0. The molecule has 7 aromatic carbocycles. The van der Waals surface area contributed by atoms with Crippen molar-refractivity contribution in [3.8, 4) is 22.9 Å². The van der Waals surface area contributed by atoms with Crippen molar-refractivity contribution < 1.29 is 0 Å². The normalized spacial score (nSPS) is 11.3. The third kappa shape index (κ3) is 4.48. The van der Waals surface area contributed by atoms with Crippen LogP contribution in [0.1, 0.15) is 5.56 Å². The first-order chi connectivity index (χ1) is 23.8. The summed E-state index contributed by atoms with van der Waals surface area (Å²) < 4.78 is 2.20. The molecule has 224 valence electrons. The minimum atomic E-state index is -3.06. The highest BCUT2D eigenvalue weighted by molar-refractivity contribution is 7.20. The molecule has 0 saturated heterocycles. The fourth-order valence-corrected chi connectivity index (χ4v) is 12.6. The minimum absolute atomic E-state index is 0.554. The summed E-state index contributed by atoms with van der Waals surface area (Å²) in [4.78, 5) is 4.11. The average Bonchev–Trinajstić information content (AvgIpc) is 3.50. The maximum atomic E-state index is 10.8. The molecule has 0 N–H and O–H groups in total. The number of hydrogen-bond donors (Lipinski definition) is 0. The molecule has 3 nitrogen and oxygen atoms in total. The molecule has 0 aliphatic carbocycles. The lowest BCUT2D eigenvalue weighted by Crippen LogP contribution is -2.75. The molecule has 0 bridgehead atoms. The number of hydrogen-bond acceptors (Lipinski definition) is 1. The smallest absolute Gasteiger partial charge is 0.211 e. The summed E-state index contributed by atoms with van der Waals surface area (Å²) in [5.41, 5.74) is 6.04. The van der Waals surface area contributed by atoms with E-state index in [2.05, 4.69) is 143 Å². The number of fused-ring (bicyclic) bond motifs is 3. The number of nitriles is 1. The SMILES string of the molecule is [C-]#[N+]c1cc(-c2cccc(C#N)c2[Si](c2ccccc2)(c2ccccc2)c2ccccc2)ccc1-n1c2ccccc2c2ccccc21. The third-order valence-corrected chi connectivity index (χ3v) is 14.3. The van der Waals surface area contributed by atoms with E-state index >= 15 is 0 Å². The highest BCUT2D eigenvalue weighted by Crippen LogP contribution is 2.37. The summed E-state index contributed by atoms with van der Waals surface area (Å²) in [6.07, 6.45) is 0. The standard InChI is InChI=1S/C44H29N3Si/c1-46-40-30-32(28-29-43(40)47-41-26-13-11-23-38(41)39-24-12-14-27-42(39)47)37-25-15-16-33(31-45)44(37)48(34-17-5-2-6-18-34,35-19-7-3-8-20-35)36-21-9-4-10-22-36/h2-30H. The van der Waals surface area contributed by atoms with Gasteiger partial charge in [0, 0.05) is 10.8 Å². The van der Waals surface area contributed by atoms with Crippen molar-refractivity contribution in [1.82, 2.24) is 4.57 Å². The van der Waals surface area contributed by atoms with Gasteiger partial charge in [-0.25, -0.2) is 4.85 Å². The number of benzene rings is 7. The van der Waals surface area contributed by atoms with Crippen molar-refractivity contribution in [2.45, 2.75) is 0 Å². The van der Waals surface area contributed by atoms with Gasteiger partial charge < -0.3 is 4.57 Å². The Morgan fingerprint density at radius 2 is 1.04 bits per heavy atom. The van der Waals surface area contributed by atoms with Gasteiger partial charge in [0.1, 0.15) is 0 Å². The van der Waals surface area contributed by atoms with Crippen LogP contribution < -0.4 is 20.7 Å². The van der Waals surface area contributed by atoms with Crippen LogP contribution in [0.15, 0.2) is 176 Å². The highest BCUT2D eigenvalue weighted by Gasteiger charge is 2.44. The molecule has 0 radical (unpaired) electrons. The van der Waals surface area contributed by atoms with Crippen LogP contribution >= 0.6 is 0 Å². The fourth-order valence-electron chi connectivity index (χ4n) is 7.44. The van der Waals surface area contributed by atoms with Gasteiger partial charge in [-0.1, -0.05) is 146 Å². The summed E-state index contributed by atoms with van der Waals surface area (Å²) in [6.45, 7) is 8.39. The van der Waals surface area contributed by atoms with Crippen LogP contribution in [0.4, 0.5) is 5.69 Å². The number of rotatable bonds is 6. The zero-order valence-electron chi connectivity index (χ0n) is 26.1. The molecule has 0 amide bonds. The first-order valence-electron chi connectivity index (χ1n) is 16.0. The van der Waals surface area contributed by atoms with Gasteiger partial charge in [-0.3, -0.25) is 0 Å². The lowest BCUT2D eigenvalue weighted by molar-refractivity contribution is 1.19. The van der Waals surface area contributed by atoms with E-state index in [9.17, 15) is 5.26 Å². The van der Waals surface area contributed by atoms with Gasteiger partial charge in [-0.05, 0) is 62.2 Å². The first kappa shape index (κ1) is 29.0. The topological polar surface area (TPSA) is 33.1 Å². The van der Waals surface area contributed by atoms with Crippen LogP contribution in [0.5, 0.6) is 0 Å². The monoisotopic (exact) mass is 627 g/mol. The van der Waals surface area contributed by atoms with Gasteiger partial charge in [0.05, 0.1) is 34.9 Å². The lowest BCUT2D eigenvalue weighted by Gasteiger charge is -2.36. The van der Waals surface area contributed by atoms with Crippen LogP contribution in [0.2, 0.25) is 0 Å². The fraction of sp³-hybridized carbons (Fsp3) is 0. The molecule has 0 atom stereocenters. The number of aromatic nitrogens is 1. The van der Waals surface area contributed by atoms with E-state index in [1.807, 2.05) is 48.5 Å². The van der Waals surface area contributed by atoms with Crippen LogP contribution in [-0.2, 0) is 0 Å². The van der Waals surface area contributed by atoms with Crippen LogP contribution in [0.3, 0.4) is 0 Å². The molecule has 0 fully saturated rings. The molecular weight excluding hydrogens is 599 g/mol. The van der Waals surface area contributed by atoms with Crippen LogP contribution in [0.25, 0.3) is 43.5 Å². The molecule has 0 aliphatic rings. The Hall–Kier alpha value is -6.46. The first-order valence-corrected chi connectivity index (χ1v) is 18.0. The van der Waals surface area contributed by atoms with E-state index in [4.69, 9.17) is 6.57 Å². The van der Waals surface area contributed by atoms with Gasteiger partial charge >= 0.3 is 0 Å². The van der Waals surface area contributed by atoms with E-state index < -0.39 is 8.07 Å². The molecular formula is C44H29N3Si. The maximum absolute atomic E-state index is 10.8. The summed E-state index contributed by atoms with van der Waals surface area (Å²) in [6, 6.07) is 63.5. The second-order valence-electron chi connectivity index (χ2n) is 11.9. The van der Waals surface area contributed by atoms with E-state index in [0.717, 1.165) is 43.8 Å². The molecule has 8 rings (SSSR count). The molecule has 48 heavy (non-hydrogen) atoms. The molecule has 0 spiro atoms. The third-order valence-electron chi connectivity index (χ3n) is 9.41. The van der Waals surface area contributed by atoms with Crippen molar-refractivity contribution in [3.05, 3.63) is 193 Å². The Balaban J connectivity index is 1.45. The van der Waals surface area contributed by atoms with E-state index in [-0.39, 0.29) is 0 Å². The van der Waals surface area contributed by atoms with Gasteiger partial charge in [0.25, 0.3) is 0 Å². The van der Waals surface area contributed by atoms with Crippen LogP contribution in [-0.4, -0.2) is 12.6 Å². The lowest BCUT2D eigenvalue weighted by atomic mass is 10.0. The maximum Gasteiger partial charge on any atom is 0.211 e. The molecule has 8 aromatic rings. The molecule has 4 heteroatoms. The van der Waals surface area contributed by atoms with Crippen molar-refractivity contribution in [1.29, 1.82) is 5.26 Å². The number of nitrogens with zero attached hydrogens (tertiary/aromatic N) is 3. The van der Waals surface area contributed by atoms with Gasteiger partial charge in [0.15, 0.2) is 8.07 Å². The van der Waals surface area contributed by atoms with Gasteiger partial charge in [0.2, 0.25) is 5.69 Å². The molecule has 1 heterocycles. The Morgan fingerprint density at radius 1 is 0.542 bits per heavy atom. The van der Waals surface area contributed by atoms with Gasteiger partial charge in [-0.2, -0.15) is 5.26 Å². The molecule has 0 aliphatic heterocycles. The van der Waals surface area contributed by atoms with E-state index in [1.165, 1.54) is 15.6 Å². The number of para-hydroxylation sites is 2. The minimum Gasteiger partial charge on any atom is -0.319 e. The second kappa shape index (κ2) is 12.0. The van der Waals surface area contributed by atoms with E-state index in [0.29, 0.717) is 11.3 Å². The predicted octanol–water partition coefficient (Wildman–Crippen LogP) is 8.25. The molecule has 1 aromatic heterocycles. The Labute approximate surface area is 281 Å². The summed E-state index contributed by atoms with van der Waals surface area (Å²) in [7, 11) is -3.06. The Bertz CT molecular complexity index is 2370. The zero-order valence-corrected chi connectivity index (χ0v) is 27.1. The summed E-state index contributed by atoms with van der Waals surface area (Å²) in [5, 5.41) is 17.7. The van der Waals surface area contributed by atoms with Crippen molar-refractivity contribution in [3.63, 3.8) is 0 Å². The zero-order chi connectivity index (χ0) is 32.5. The molecule has 0 saturated carbocycles. The van der Waals surface area contributed by atoms with Crippen molar-refractivity contribution in [2.24, 2.45) is 0 Å². The van der Waals surface area contributed by atoms with E-state index in [1.54, 1.807) is 0 Å². The second-order valence-corrected chi connectivity index (χ2v) is 15.6. The predicted molar refractivity (Wildman–Crippen MR) is 201 cm³/mol. The van der Waals surface area contributed by atoms with Crippen LogP contribution in [0, 0.1) is 17.9 Å². The Morgan fingerprint density at radius 3 is 1.54 bits per heavy atom. The van der Waals surface area contributed by atoms with Gasteiger partial charge in [-0.15, -0.1) is 0 Å². The Kier molecular flexibility index (Phi) is 7.27. The largest absolute Gasteiger partial charge is 0.319 e. The van der Waals surface area contributed by atoms with Crippen molar-refractivity contribution >= 4 is 56.3 Å². The van der Waals surface area contributed by atoms with Crippen molar-refractivity contribution in [2.75, 3.05) is 0 Å². The highest BCUT2D eigenvalue weighted by atomic mass is 28.3. The summed E-state index contributed by atoms with van der Waals surface area (Å²) in [5.74, 6) is 0. The molecule has 0 unspecified atom stereocenters. The quantitative estimate of drug-likeness (QED) is 0.104. The average molecular weight is 628 g/mol.